The van der Waals surface area contributed by atoms with E-state index in [1.807, 2.05) is 0 Å². The number of sulfone groups is 1. The first-order valence-corrected chi connectivity index (χ1v) is 17.3. The average Bonchev–Trinajstić information content (AvgIpc) is 2.75. The minimum Gasteiger partial charge on any atom is -0.444 e. The molecule has 1 atom stereocenters. The molecule has 0 fully saturated rings. The van der Waals surface area contributed by atoms with Gasteiger partial charge in [0.1, 0.15) is 11.0 Å². The Kier molecular flexibility index (Phi) is 9.93. The predicted molar refractivity (Wildman–Crippen MR) is 148 cm³/mol. The second-order valence-electron chi connectivity index (χ2n) is 11.9. The summed E-state index contributed by atoms with van der Waals surface area (Å²) >= 11 is 0. The van der Waals surface area contributed by atoms with E-state index >= 15 is 0 Å². The third-order valence-corrected chi connectivity index (χ3v) is 13.5. The van der Waals surface area contributed by atoms with E-state index in [9.17, 15) is 17.6 Å². The first-order chi connectivity index (χ1) is 16.9. The van der Waals surface area contributed by atoms with Crippen LogP contribution in [-0.4, -0.2) is 56.8 Å². The molecule has 0 saturated heterocycles. The summed E-state index contributed by atoms with van der Waals surface area (Å²) in [5, 5.41) is -0.785. The number of nitrogens with zero attached hydrogens (tertiary/aromatic N) is 2. The van der Waals surface area contributed by atoms with Crippen LogP contribution >= 0.6 is 0 Å². The van der Waals surface area contributed by atoms with E-state index in [4.69, 9.17) is 9.16 Å². The lowest BCUT2D eigenvalue weighted by Crippen LogP contribution is -2.47. The Morgan fingerprint density at radius 1 is 1.11 bits per heavy atom. The molecule has 37 heavy (non-hydrogen) atoms. The molecule has 0 spiro atoms. The normalized spacial score (nSPS) is 14.0. The van der Waals surface area contributed by atoms with Crippen LogP contribution in [0.4, 0.5) is 9.18 Å². The zero-order chi connectivity index (χ0) is 28.2. The minimum absolute atomic E-state index is 0.0251. The van der Waals surface area contributed by atoms with Crippen molar-refractivity contribution >= 4 is 35.0 Å². The molecule has 0 N–H and O–H groups in total. The number of ether oxygens (including phenoxy) is 1. The van der Waals surface area contributed by atoms with Gasteiger partial charge >= 0.3 is 6.09 Å². The number of unbranched alkanes of at least 4 members (excludes halogenated alkanes) is 1. The van der Waals surface area contributed by atoms with Crippen LogP contribution < -0.4 is 0 Å². The number of carbonyl (C=O) groups is 1. The van der Waals surface area contributed by atoms with Crippen LogP contribution in [0.25, 0.3) is 10.8 Å². The number of hydrogen-bond donors (Lipinski definition) is 0. The fourth-order valence-corrected chi connectivity index (χ4v) is 6.87. The lowest BCUT2D eigenvalue weighted by molar-refractivity contribution is 0.0213. The molecule has 2 aromatic rings. The van der Waals surface area contributed by atoms with E-state index in [1.165, 1.54) is 17.2 Å². The third-order valence-electron chi connectivity index (χ3n) is 6.75. The first-order valence-electron chi connectivity index (χ1n) is 12.8. The zero-order valence-electron chi connectivity index (χ0n) is 23.7. The molecule has 0 saturated carbocycles. The number of rotatable bonds is 10. The van der Waals surface area contributed by atoms with Gasteiger partial charge in [0.2, 0.25) is 0 Å². The Labute approximate surface area is 222 Å². The largest absolute Gasteiger partial charge is 0.444 e. The number of carbonyl (C=O) groups excluding carboxylic acids is 1. The summed E-state index contributed by atoms with van der Waals surface area (Å²) in [5.74, 6) is -0.724. The van der Waals surface area contributed by atoms with E-state index < -0.39 is 41.0 Å². The van der Waals surface area contributed by atoms with Gasteiger partial charge in [0.15, 0.2) is 24.0 Å². The van der Waals surface area contributed by atoms with Crippen LogP contribution in [0.5, 0.6) is 0 Å². The van der Waals surface area contributed by atoms with Crippen molar-refractivity contribution in [3.05, 3.63) is 36.4 Å². The van der Waals surface area contributed by atoms with Gasteiger partial charge in [0.25, 0.3) is 0 Å². The van der Waals surface area contributed by atoms with Crippen LogP contribution in [0.3, 0.4) is 0 Å². The Bertz CT molecular complexity index is 1180. The summed E-state index contributed by atoms with van der Waals surface area (Å²) in [6, 6.07) is 4.54. The van der Waals surface area contributed by atoms with Crippen molar-refractivity contribution in [1.82, 2.24) is 9.88 Å². The highest BCUT2D eigenvalue weighted by Crippen LogP contribution is 2.36. The number of amides is 1. The minimum atomic E-state index is -4.15. The fourth-order valence-electron chi connectivity index (χ4n) is 3.75. The fraction of sp³-hybridized carbons (Fsp3) is 0.630. The Morgan fingerprint density at radius 3 is 2.32 bits per heavy atom. The molecule has 1 aromatic heterocycles. The second-order valence-corrected chi connectivity index (χ2v) is 18.8. The molecule has 10 heteroatoms. The SMILES string of the molecule is CC[C@@H](N(CCCCO[Si](C)(C)C(C)(C)C)C(=O)OC(C)(C)C)S(=O)(=O)c1cccc2cncc(F)c12. The van der Waals surface area contributed by atoms with Crippen LogP contribution in [0.15, 0.2) is 35.5 Å². The van der Waals surface area contributed by atoms with E-state index in [0.29, 0.717) is 24.8 Å². The van der Waals surface area contributed by atoms with Crippen molar-refractivity contribution in [2.75, 3.05) is 13.2 Å². The molecule has 0 bridgehead atoms. The highest BCUT2D eigenvalue weighted by Gasteiger charge is 2.39. The van der Waals surface area contributed by atoms with Gasteiger partial charge in [-0.25, -0.2) is 17.6 Å². The van der Waals surface area contributed by atoms with E-state index in [0.717, 1.165) is 6.20 Å². The number of fused-ring (bicyclic) bond motifs is 1. The van der Waals surface area contributed by atoms with Gasteiger partial charge in [0.05, 0.1) is 11.1 Å². The number of aromatic nitrogens is 1. The highest BCUT2D eigenvalue weighted by molar-refractivity contribution is 7.92. The topological polar surface area (TPSA) is 85.8 Å². The smallest absolute Gasteiger partial charge is 0.411 e. The molecule has 0 aliphatic heterocycles. The number of hydrogen-bond acceptors (Lipinski definition) is 6. The average molecular weight is 555 g/mol. The van der Waals surface area contributed by atoms with Gasteiger partial charge in [-0.05, 0) is 64.2 Å². The lowest BCUT2D eigenvalue weighted by atomic mass is 10.2. The molecule has 7 nitrogen and oxygen atoms in total. The van der Waals surface area contributed by atoms with Gasteiger partial charge in [-0.2, -0.15) is 0 Å². The Hall–Kier alpha value is -2.04. The van der Waals surface area contributed by atoms with Crippen LogP contribution in [-0.2, 0) is 19.0 Å². The lowest BCUT2D eigenvalue weighted by Gasteiger charge is -2.36. The summed E-state index contributed by atoms with van der Waals surface area (Å²) in [4.78, 5) is 18.2. The molecule has 0 aliphatic rings. The molecule has 1 aromatic carbocycles. The summed E-state index contributed by atoms with van der Waals surface area (Å²) in [7, 11) is -6.06. The molecular weight excluding hydrogens is 511 g/mol. The maximum Gasteiger partial charge on any atom is 0.411 e. The molecular formula is C27H43FN2O5SSi. The van der Waals surface area contributed by atoms with Crippen molar-refractivity contribution in [3.63, 3.8) is 0 Å². The summed E-state index contributed by atoms with van der Waals surface area (Å²) < 4.78 is 54.4. The molecule has 1 heterocycles. The predicted octanol–water partition coefficient (Wildman–Crippen LogP) is 6.92. The van der Waals surface area contributed by atoms with Gasteiger partial charge in [0, 0.05) is 30.1 Å². The van der Waals surface area contributed by atoms with Crippen molar-refractivity contribution in [3.8, 4) is 0 Å². The summed E-state index contributed by atoms with van der Waals surface area (Å²) in [6.07, 6.45) is 3.02. The van der Waals surface area contributed by atoms with Gasteiger partial charge in [-0.1, -0.05) is 39.8 Å². The van der Waals surface area contributed by atoms with E-state index in [1.54, 1.807) is 39.8 Å². The molecule has 1 amide bonds. The summed E-state index contributed by atoms with van der Waals surface area (Å²) in [5.41, 5.74) is -0.806. The van der Waals surface area contributed by atoms with Gasteiger partial charge in [-0.15, -0.1) is 0 Å². The quantitative estimate of drug-likeness (QED) is 0.234. The van der Waals surface area contributed by atoms with Crippen molar-refractivity contribution < 1.29 is 26.8 Å². The number of benzene rings is 1. The van der Waals surface area contributed by atoms with Crippen LogP contribution in [0.1, 0.15) is 67.7 Å². The Morgan fingerprint density at radius 2 is 1.76 bits per heavy atom. The number of halogens is 1. The van der Waals surface area contributed by atoms with Crippen molar-refractivity contribution in [1.29, 1.82) is 0 Å². The second kappa shape index (κ2) is 11.8. The van der Waals surface area contributed by atoms with Crippen molar-refractivity contribution in [2.45, 2.75) is 102 Å². The highest BCUT2D eigenvalue weighted by atomic mass is 32.2. The standard InChI is InChI=1S/C27H43FN2O5SSi/c1-10-23(36(32,33)22-15-13-14-20-18-29-19-21(28)24(20)22)30(25(31)35-26(2,3)4)16-11-12-17-34-37(8,9)27(5,6)7/h13-15,18-19,23H,10-12,16-17H2,1-9H3/t23-/m0/s1. The van der Waals surface area contributed by atoms with Crippen LogP contribution in [0, 0.1) is 5.82 Å². The number of pyridine rings is 1. The van der Waals surface area contributed by atoms with Gasteiger partial charge in [-0.3, -0.25) is 9.88 Å². The zero-order valence-corrected chi connectivity index (χ0v) is 25.5. The Balaban J connectivity index is 2.35. The maximum absolute atomic E-state index is 14.8. The van der Waals surface area contributed by atoms with E-state index in [2.05, 4.69) is 38.8 Å². The van der Waals surface area contributed by atoms with E-state index in [-0.39, 0.29) is 28.3 Å². The monoisotopic (exact) mass is 554 g/mol. The first kappa shape index (κ1) is 31.2. The molecule has 0 radical (unpaired) electrons. The maximum atomic E-state index is 14.8. The van der Waals surface area contributed by atoms with Gasteiger partial charge < -0.3 is 9.16 Å². The molecule has 0 unspecified atom stereocenters. The molecule has 208 valence electrons. The van der Waals surface area contributed by atoms with Crippen molar-refractivity contribution in [2.24, 2.45) is 0 Å². The summed E-state index contributed by atoms with van der Waals surface area (Å²) in [6.45, 7) is 18.5. The molecule has 0 aliphatic carbocycles. The third kappa shape index (κ3) is 7.74. The molecule has 2 rings (SSSR count). The van der Waals surface area contributed by atoms with Crippen LogP contribution in [0.2, 0.25) is 18.1 Å².